The maximum Gasteiger partial charge on any atom is 0.320 e. The Balaban J connectivity index is 1.51. The second kappa shape index (κ2) is 12.7. The summed E-state index contributed by atoms with van der Waals surface area (Å²) in [6.07, 6.45) is 3.95. The van der Waals surface area contributed by atoms with Gasteiger partial charge in [-0.3, -0.25) is 10.3 Å². The molecule has 0 amide bonds. The fourth-order valence-corrected chi connectivity index (χ4v) is 4.47. The van der Waals surface area contributed by atoms with E-state index in [2.05, 4.69) is 46.2 Å². The van der Waals surface area contributed by atoms with E-state index in [0.717, 1.165) is 94.5 Å². The molecule has 1 saturated heterocycles. The van der Waals surface area contributed by atoms with E-state index in [1.807, 2.05) is 12.1 Å². The topological polar surface area (TPSA) is 84.3 Å². The standard InChI is InChI=1S/C26H38N6O3/c1-4-10-32(11-5-2)25-19-24(27-26(28-25)35-17-14-31-12-15-34-16-13-31)30-29-23-9-7-20-6-8-21(33-3)18-22(20)23/h6,8,18-19H,4-5,7,9-17H2,1-3H3,(H,27,28,30)/b29-23+. The van der Waals surface area contributed by atoms with Gasteiger partial charge in [-0.15, -0.1) is 0 Å². The van der Waals surface area contributed by atoms with Crippen molar-refractivity contribution in [1.82, 2.24) is 14.9 Å². The normalized spacial score (nSPS) is 16.8. The summed E-state index contributed by atoms with van der Waals surface area (Å²) in [5.41, 5.74) is 6.62. The molecule has 0 atom stereocenters. The second-order valence-electron chi connectivity index (χ2n) is 8.88. The molecule has 1 aromatic carbocycles. The zero-order valence-corrected chi connectivity index (χ0v) is 21.3. The molecule has 35 heavy (non-hydrogen) atoms. The number of hydrazone groups is 1. The molecule has 9 nitrogen and oxygen atoms in total. The lowest BCUT2D eigenvalue weighted by molar-refractivity contribution is 0.0317. The van der Waals surface area contributed by atoms with Crippen LogP contribution in [0.5, 0.6) is 11.8 Å². The summed E-state index contributed by atoms with van der Waals surface area (Å²) < 4.78 is 16.9. The fraction of sp³-hybridized carbons (Fsp3) is 0.577. The van der Waals surface area contributed by atoms with E-state index in [1.54, 1.807) is 7.11 Å². The number of rotatable bonds is 12. The number of aryl methyl sites for hydroxylation is 1. The van der Waals surface area contributed by atoms with Crippen LogP contribution < -0.4 is 19.8 Å². The average molecular weight is 483 g/mol. The highest BCUT2D eigenvalue weighted by atomic mass is 16.5. The molecule has 1 N–H and O–H groups in total. The van der Waals surface area contributed by atoms with Crippen molar-refractivity contribution in [2.45, 2.75) is 39.5 Å². The molecule has 2 aromatic rings. The van der Waals surface area contributed by atoms with Crippen LogP contribution in [0.25, 0.3) is 0 Å². The molecule has 4 rings (SSSR count). The van der Waals surface area contributed by atoms with Crippen LogP contribution in [0.2, 0.25) is 0 Å². The summed E-state index contributed by atoms with van der Waals surface area (Å²) >= 11 is 0. The van der Waals surface area contributed by atoms with Crippen molar-refractivity contribution in [2.24, 2.45) is 5.10 Å². The Kier molecular flexibility index (Phi) is 9.14. The number of aromatic nitrogens is 2. The van der Waals surface area contributed by atoms with Crippen molar-refractivity contribution in [2.75, 3.05) is 70.0 Å². The van der Waals surface area contributed by atoms with Gasteiger partial charge in [-0.05, 0) is 43.4 Å². The van der Waals surface area contributed by atoms with Gasteiger partial charge >= 0.3 is 6.01 Å². The van der Waals surface area contributed by atoms with Crippen LogP contribution in [0, 0.1) is 0 Å². The Morgan fingerprint density at radius 3 is 2.63 bits per heavy atom. The van der Waals surface area contributed by atoms with E-state index in [0.29, 0.717) is 18.4 Å². The van der Waals surface area contributed by atoms with Crippen LogP contribution in [0.1, 0.15) is 44.2 Å². The van der Waals surface area contributed by atoms with Gasteiger partial charge in [0.2, 0.25) is 0 Å². The van der Waals surface area contributed by atoms with E-state index in [1.165, 1.54) is 5.56 Å². The van der Waals surface area contributed by atoms with Crippen LogP contribution >= 0.6 is 0 Å². The van der Waals surface area contributed by atoms with Crippen molar-refractivity contribution in [3.63, 3.8) is 0 Å². The molecule has 0 radical (unpaired) electrons. The maximum atomic E-state index is 6.02. The number of anilines is 2. The number of nitrogens with one attached hydrogen (secondary N) is 1. The predicted octanol–water partition coefficient (Wildman–Crippen LogP) is 3.59. The number of nitrogens with zero attached hydrogens (tertiary/aromatic N) is 5. The van der Waals surface area contributed by atoms with Gasteiger partial charge in [0, 0.05) is 44.4 Å². The van der Waals surface area contributed by atoms with Gasteiger partial charge in [-0.2, -0.15) is 15.1 Å². The Bertz CT molecular complexity index is 987. The minimum Gasteiger partial charge on any atom is -0.497 e. The lowest BCUT2D eigenvalue weighted by Gasteiger charge is -2.26. The third-order valence-electron chi connectivity index (χ3n) is 6.31. The van der Waals surface area contributed by atoms with Gasteiger partial charge in [0.15, 0.2) is 5.82 Å². The molecule has 1 aromatic heterocycles. The van der Waals surface area contributed by atoms with Gasteiger partial charge in [0.05, 0.1) is 26.0 Å². The molecule has 0 bridgehead atoms. The highest BCUT2D eigenvalue weighted by Gasteiger charge is 2.19. The van der Waals surface area contributed by atoms with Crippen molar-refractivity contribution >= 4 is 17.3 Å². The first-order chi connectivity index (χ1) is 17.2. The number of hydrogen-bond acceptors (Lipinski definition) is 9. The molecule has 2 heterocycles. The highest BCUT2D eigenvalue weighted by Crippen LogP contribution is 2.27. The fourth-order valence-electron chi connectivity index (χ4n) is 4.47. The van der Waals surface area contributed by atoms with Gasteiger partial charge in [0.25, 0.3) is 0 Å². The highest BCUT2D eigenvalue weighted by molar-refractivity contribution is 6.05. The Hall–Kier alpha value is -2.91. The van der Waals surface area contributed by atoms with Gasteiger partial charge in [0.1, 0.15) is 18.2 Å². The Labute approximate surface area is 208 Å². The molecule has 1 fully saturated rings. The lowest BCUT2D eigenvalue weighted by Crippen LogP contribution is -2.38. The van der Waals surface area contributed by atoms with E-state index < -0.39 is 0 Å². The molecule has 2 aliphatic rings. The molecule has 0 saturated carbocycles. The molecule has 1 aliphatic carbocycles. The van der Waals surface area contributed by atoms with Crippen LogP contribution in [-0.2, 0) is 11.2 Å². The molecule has 1 aliphatic heterocycles. The molecular formula is C26H38N6O3. The van der Waals surface area contributed by atoms with E-state index in [-0.39, 0.29) is 0 Å². The average Bonchev–Trinajstić information content (AvgIpc) is 3.30. The molecular weight excluding hydrogens is 444 g/mol. The minimum atomic E-state index is 0.379. The summed E-state index contributed by atoms with van der Waals surface area (Å²) in [6, 6.07) is 8.52. The van der Waals surface area contributed by atoms with E-state index >= 15 is 0 Å². The van der Waals surface area contributed by atoms with Crippen molar-refractivity contribution in [3.8, 4) is 11.8 Å². The summed E-state index contributed by atoms with van der Waals surface area (Å²) in [7, 11) is 1.69. The Morgan fingerprint density at radius 1 is 1.09 bits per heavy atom. The number of fused-ring (bicyclic) bond motifs is 1. The number of morpholine rings is 1. The van der Waals surface area contributed by atoms with Gasteiger partial charge in [-0.1, -0.05) is 19.9 Å². The number of hydrogen-bond donors (Lipinski definition) is 1. The lowest BCUT2D eigenvalue weighted by atomic mass is 10.1. The Morgan fingerprint density at radius 2 is 1.89 bits per heavy atom. The largest absolute Gasteiger partial charge is 0.497 e. The second-order valence-corrected chi connectivity index (χ2v) is 8.88. The summed E-state index contributed by atoms with van der Waals surface area (Å²) in [5, 5.41) is 4.72. The first-order valence-corrected chi connectivity index (χ1v) is 12.8. The number of benzene rings is 1. The zero-order chi connectivity index (χ0) is 24.5. The summed E-state index contributed by atoms with van der Waals surface area (Å²) in [5.74, 6) is 2.34. The van der Waals surface area contributed by atoms with Crippen LogP contribution in [-0.4, -0.2) is 80.2 Å². The van der Waals surface area contributed by atoms with Gasteiger partial charge < -0.3 is 19.1 Å². The first kappa shape index (κ1) is 25.2. The maximum absolute atomic E-state index is 6.02. The van der Waals surface area contributed by atoms with Gasteiger partial charge in [-0.25, -0.2) is 0 Å². The molecule has 0 unspecified atom stereocenters. The molecule has 0 spiro atoms. The van der Waals surface area contributed by atoms with Crippen molar-refractivity contribution < 1.29 is 14.2 Å². The van der Waals surface area contributed by atoms with E-state index in [9.17, 15) is 0 Å². The van der Waals surface area contributed by atoms with Crippen molar-refractivity contribution in [1.29, 1.82) is 0 Å². The van der Waals surface area contributed by atoms with E-state index in [4.69, 9.17) is 24.3 Å². The number of ether oxygens (including phenoxy) is 3. The first-order valence-electron chi connectivity index (χ1n) is 12.8. The van der Waals surface area contributed by atoms with Crippen LogP contribution in [0.4, 0.5) is 11.6 Å². The third-order valence-corrected chi connectivity index (χ3v) is 6.31. The summed E-state index contributed by atoms with van der Waals surface area (Å²) in [6.45, 7) is 11.0. The van der Waals surface area contributed by atoms with Crippen molar-refractivity contribution in [3.05, 3.63) is 35.4 Å². The quantitative estimate of drug-likeness (QED) is 0.460. The minimum absolute atomic E-state index is 0.379. The smallest absolute Gasteiger partial charge is 0.320 e. The SMILES string of the molecule is CCCN(CCC)c1cc(N/N=C2\CCc3ccc(OC)cc32)nc(OCCN2CCOCC2)n1. The monoisotopic (exact) mass is 482 g/mol. The molecule has 9 heteroatoms. The third kappa shape index (κ3) is 6.82. The number of methoxy groups -OCH3 is 1. The molecule has 190 valence electrons. The summed E-state index contributed by atoms with van der Waals surface area (Å²) in [4.78, 5) is 14.0. The van der Waals surface area contributed by atoms with Crippen LogP contribution in [0.3, 0.4) is 0 Å². The van der Waals surface area contributed by atoms with Crippen LogP contribution in [0.15, 0.2) is 29.4 Å². The predicted molar refractivity (Wildman–Crippen MR) is 139 cm³/mol. The zero-order valence-electron chi connectivity index (χ0n) is 21.3.